The average molecular weight is 376 g/mol. The van der Waals surface area contributed by atoms with E-state index in [0.717, 1.165) is 5.69 Å². The molecule has 106 valence electrons. The number of nitrogens with one attached hydrogen (secondary N) is 2. The Bertz CT molecular complexity index is 718. The first-order valence-electron chi connectivity index (χ1n) is 5.68. The lowest BCUT2D eigenvalue weighted by molar-refractivity contribution is 0.601. The van der Waals surface area contributed by atoms with Gasteiger partial charge in [0.1, 0.15) is 0 Å². The number of hydrogen-bond acceptors (Lipinski definition) is 3. The van der Waals surface area contributed by atoms with E-state index in [1.165, 1.54) is 0 Å². The van der Waals surface area contributed by atoms with Crippen LogP contribution in [-0.2, 0) is 10.0 Å². The molecule has 0 saturated heterocycles. The predicted octanol–water partition coefficient (Wildman–Crippen LogP) is 3.95. The molecular weight excluding hydrogens is 364 g/mol. The number of benzene rings is 2. The molecule has 0 spiro atoms. The highest BCUT2D eigenvalue weighted by Gasteiger charge is 2.14. The molecule has 0 amide bonds. The Labute approximate surface area is 131 Å². The second kappa shape index (κ2) is 6.03. The SMILES string of the molecule is CNc1ccc(S(=O)(=O)Nc2ccc(Cl)c(Br)c2)cc1. The first-order chi connectivity index (χ1) is 9.42. The van der Waals surface area contributed by atoms with Crippen molar-refractivity contribution in [2.75, 3.05) is 17.1 Å². The molecule has 4 nitrogen and oxygen atoms in total. The van der Waals surface area contributed by atoms with Crippen molar-refractivity contribution < 1.29 is 8.42 Å². The Balaban J connectivity index is 2.27. The summed E-state index contributed by atoms with van der Waals surface area (Å²) in [6.07, 6.45) is 0. The summed E-state index contributed by atoms with van der Waals surface area (Å²) in [5, 5.41) is 3.45. The Kier molecular flexibility index (Phi) is 4.57. The highest BCUT2D eigenvalue weighted by atomic mass is 79.9. The third kappa shape index (κ3) is 3.45. The van der Waals surface area contributed by atoms with Crippen LogP contribution >= 0.6 is 27.5 Å². The molecule has 0 bridgehead atoms. The van der Waals surface area contributed by atoms with Gasteiger partial charge >= 0.3 is 0 Å². The number of rotatable bonds is 4. The Hall–Kier alpha value is -1.24. The maximum atomic E-state index is 12.2. The average Bonchev–Trinajstić information content (AvgIpc) is 2.43. The van der Waals surface area contributed by atoms with Gasteiger partial charge in [0.25, 0.3) is 10.0 Å². The van der Waals surface area contributed by atoms with E-state index >= 15 is 0 Å². The van der Waals surface area contributed by atoms with Crippen molar-refractivity contribution in [3.63, 3.8) is 0 Å². The van der Waals surface area contributed by atoms with Crippen molar-refractivity contribution in [3.8, 4) is 0 Å². The van der Waals surface area contributed by atoms with Gasteiger partial charge in [-0.15, -0.1) is 0 Å². The Morgan fingerprint density at radius 1 is 1.05 bits per heavy atom. The molecule has 0 saturated carbocycles. The lowest BCUT2D eigenvalue weighted by Crippen LogP contribution is -2.12. The molecule has 0 unspecified atom stereocenters. The maximum Gasteiger partial charge on any atom is 0.261 e. The summed E-state index contributed by atoms with van der Waals surface area (Å²) in [5.74, 6) is 0. The van der Waals surface area contributed by atoms with Crippen LogP contribution in [0.1, 0.15) is 0 Å². The summed E-state index contributed by atoms with van der Waals surface area (Å²) in [7, 11) is -1.84. The first-order valence-corrected chi connectivity index (χ1v) is 8.33. The fourth-order valence-corrected chi connectivity index (χ4v) is 3.12. The maximum absolute atomic E-state index is 12.2. The zero-order valence-electron chi connectivity index (χ0n) is 10.5. The lowest BCUT2D eigenvalue weighted by Gasteiger charge is -2.09. The second-order valence-corrected chi connectivity index (χ2v) is 6.95. The summed E-state index contributed by atoms with van der Waals surface area (Å²) in [5.41, 5.74) is 1.29. The van der Waals surface area contributed by atoms with Gasteiger partial charge in [0, 0.05) is 17.2 Å². The number of sulfonamides is 1. The van der Waals surface area contributed by atoms with Gasteiger partial charge < -0.3 is 5.32 Å². The summed E-state index contributed by atoms with van der Waals surface area (Å²) in [4.78, 5) is 0.197. The molecule has 7 heteroatoms. The van der Waals surface area contributed by atoms with E-state index in [1.54, 1.807) is 49.5 Å². The fourth-order valence-electron chi connectivity index (χ4n) is 1.57. The summed E-state index contributed by atoms with van der Waals surface area (Å²) >= 11 is 9.12. The Morgan fingerprint density at radius 3 is 2.20 bits per heavy atom. The van der Waals surface area contributed by atoms with E-state index in [9.17, 15) is 8.42 Å². The summed E-state index contributed by atoms with van der Waals surface area (Å²) in [6, 6.07) is 11.3. The molecule has 0 aliphatic rings. The quantitative estimate of drug-likeness (QED) is 0.851. The van der Waals surface area contributed by atoms with Gasteiger partial charge in [-0.2, -0.15) is 0 Å². The highest BCUT2D eigenvalue weighted by molar-refractivity contribution is 9.10. The van der Waals surface area contributed by atoms with Gasteiger partial charge in [-0.1, -0.05) is 11.6 Å². The molecule has 0 heterocycles. The molecule has 2 aromatic rings. The van der Waals surface area contributed by atoms with Crippen LogP contribution in [0.2, 0.25) is 5.02 Å². The van der Waals surface area contributed by atoms with Crippen LogP contribution in [-0.4, -0.2) is 15.5 Å². The molecule has 0 radical (unpaired) electrons. The minimum atomic E-state index is -3.61. The van der Waals surface area contributed by atoms with Crippen LogP contribution in [0.15, 0.2) is 51.8 Å². The van der Waals surface area contributed by atoms with Gasteiger partial charge in [-0.25, -0.2) is 8.42 Å². The minimum Gasteiger partial charge on any atom is -0.388 e. The molecule has 0 fully saturated rings. The van der Waals surface area contributed by atoms with Crippen molar-refractivity contribution in [3.05, 3.63) is 52.0 Å². The van der Waals surface area contributed by atoms with Crippen molar-refractivity contribution in [1.29, 1.82) is 0 Å². The highest BCUT2D eigenvalue weighted by Crippen LogP contribution is 2.27. The predicted molar refractivity (Wildman–Crippen MR) is 85.9 cm³/mol. The number of halogens is 2. The van der Waals surface area contributed by atoms with E-state index in [-0.39, 0.29) is 4.90 Å². The van der Waals surface area contributed by atoms with Crippen LogP contribution in [0.3, 0.4) is 0 Å². The minimum absolute atomic E-state index is 0.197. The van der Waals surface area contributed by atoms with E-state index in [2.05, 4.69) is 26.0 Å². The zero-order chi connectivity index (χ0) is 14.8. The monoisotopic (exact) mass is 374 g/mol. The van der Waals surface area contributed by atoms with Crippen LogP contribution in [0.4, 0.5) is 11.4 Å². The molecule has 2 N–H and O–H groups in total. The fraction of sp³-hybridized carbons (Fsp3) is 0.0769. The summed E-state index contributed by atoms with van der Waals surface area (Å²) in [6.45, 7) is 0. The third-order valence-corrected chi connectivity index (χ3v) is 5.24. The molecule has 0 aliphatic carbocycles. The van der Waals surface area contributed by atoms with Gasteiger partial charge in [0.05, 0.1) is 15.6 Å². The van der Waals surface area contributed by atoms with E-state index < -0.39 is 10.0 Å². The smallest absolute Gasteiger partial charge is 0.261 e. The van der Waals surface area contributed by atoms with Crippen molar-refractivity contribution in [2.24, 2.45) is 0 Å². The molecule has 2 rings (SSSR count). The van der Waals surface area contributed by atoms with Crippen LogP contribution in [0.5, 0.6) is 0 Å². The van der Waals surface area contributed by atoms with E-state index in [0.29, 0.717) is 15.2 Å². The van der Waals surface area contributed by atoms with Gasteiger partial charge in [0.2, 0.25) is 0 Å². The van der Waals surface area contributed by atoms with E-state index in [1.807, 2.05) is 0 Å². The van der Waals surface area contributed by atoms with Crippen LogP contribution < -0.4 is 10.0 Å². The largest absolute Gasteiger partial charge is 0.388 e. The molecule has 2 aromatic carbocycles. The normalized spacial score (nSPS) is 11.2. The summed E-state index contributed by atoms with van der Waals surface area (Å²) < 4.78 is 27.6. The molecule has 0 aliphatic heterocycles. The van der Waals surface area contributed by atoms with Gasteiger partial charge in [0.15, 0.2) is 0 Å². The first kappa shape index (κ1) is 15.2. The number of anilines is 2. The van der Waals surface area contributed by atoms with Crippen molar-refractivity contribution in [2.45, 2.75) is 4.90 Å². The standard InChI is InChI=1S/C13H12BrClN2O2S/c1-16-9-2-5-11(6-3-9)20(18,19)17-10-4-7-13(15)12(14)8-10/h2-8,16-17H,1H3. The molecule has 20 heavy (non-hydrogen) atoms. The second-order valence-electron chi connectivity index (χ2n) is 4.01. The van der Waals surface area contributed by atoms with Gasteiger partial charge in [-0.05, 0) is 58.4 Å². The zero-order valence-corrected chi connectivity index (χ0v) is 13.7. The van der Waals surface area contributed by atoms with Crippen molar-refractivity contribution in [1.82, 2.24) is 0 Å². The van der Waals surface area contributed by atoms with Crippen LogP contribution in [0.25, 0.3) is 0 Å². The number of hydrogen-bond donors (Lipinski definition) is 2. The van der Waals surface area contributed by atoms with Crippen LogP contribution in [0, 0.1) is 0 Å². The van der Waals surface area contributed by atoms with Gasteiger partial charge in [-0.3, -0.25) is 4.72 Å². The van der Waals surface area contributed by atoms with Crippen molar-refractivity contribution >= 4 is 48.9 Å². The molecule has 0 atom stereocenters. The topological polar surface area (TPSA) is 58.2 Å². The third-order valence-electron chi connectivity index (χ3n) is 2.63. The van der Waals surface area contributed by atoms with E-state index in [4.69, 9.17) is 11.6 Å². The lowest BCUT2D eigenvalue weighted by atomic mass is 10.3. The molecular formula is C13H12BrClN2O2S. The Morgan fingerprint density at radius 2 is 1.65 bits per heavy atom. The molecule has 0 aromatic heterocycles.